The van der Waals surface area contributed by atoms with Gasteiger partial charge in [-0.15, -0.1) is 0 Å². The topological polar surface area (TPSA) is 46.5 Å². The van der Waals surface area contributed by atoms with Crippen molar-refractivity contribution in [3.8, 4) is 0 Å². The van der Waals surface area contributed by atoms with E-state index in [1.54, 1.807) is 18.2 Å². The number of hydrogen-bond donors (Lipinski definition) is 1. The fourth-order valence-corrected chi connectivity index (χ4v) is 3.33. The molecule has 2 atom stereocenters. The largest absolute Gasteiger partial charge is 0.481 e. The normalized spacial score (nSPS) is 29.5. The fourth-order valence-electron chi connectivity index (χ4n) is 3.33. The Kier molecular flexibility index (Phi) is 3.48. The summed E-state index contributed by atoms with van der Waals surface area (Å²) in [5.74, 6) is -4.21. The zero-order chi connectivity index (χ0) is 15.1. The van der Waals surface area contributed by atoms with Crippen LogP contribution in [0.3, 0.4) is 0 Å². The molecule has 0 bridgehead atoms. The highest BCUT2D eigenvalue weighted by molar-refractivity contribution is 5.76. The lowest BCUT2D eigenvalue weighted by Crippen LogP contribution is -2.44. The highest BCUT2D eigenvalue weighted by Crippen LogP contribution is 2.53. The average molecular weight is 296 g/mol. The molecule has 21 heavy (non-hydrogen) atoms. The standard InChI is InChI=1S/C16H18F2O3/c17-16(18,12-4-2-1-3-5-12)10-15(14(19)20)8-9-21-13(15)11-6-7-11/h1-5,11,13H,6-10H2,(H,19,20). The molecule has 1 aromatic carbocycles. The molecule has 5 heteroatoms. The zero-order valence-electron chi connectivity index (χ0n) is 11.6. The summed E-state index contributed by atoms with van der Waals surface area (Å²) < 4.78 is 34.6. The van der Waals surface area contributed by atoms with Crippen LogP contribution in [0.15, 0.2) is 30.3 Å². The SMILES string of the molecule is O=C(O)C1(CC(F)(F)c2ccccc2)CCOC1C1CC1. The quantitative estimate of drug-likeness (QED) is 0.905. The number of benzene rings is 1. The maximum atomic E-state index is 14.6. The Morgan fingerprint density at radius 2 is 2.00 bits per heavy atom. The van der Waals surface area contributed by atoms with Crippen LogP contribution in [-0.2, 0) is 15.5 Å². The van der Waals surface area contributed by atoms with Gasteiger partial charge in [0.1, 0.15) is 5.41 Å². The van der Waals surface area contributed by atoms with Gasteiger partial charge in [0.2, 0.25) is 0 Å². The van der Waals surface area contributed by atoms with Gasteiger partial charge in [-0.05, 0) is 25.2 Å². The third-order valence-electron chi connectivity index (χ3n) is 4.60. The van der Waals surface area contributed by atoms with E-state index in [0.29, 0.717) is 0 Å². The molecule has 1 saturated heterocycles. The van der Waals surface area contributed by atoms with Gasteiger partial charge in [-0.2, -0.15) is 0 Å². The minimum atomic E-state index is -3.17. The van der Waals surface area contributed by atoms with Gasteiger partial charge in [0.25, 0.3) is 5.92 Å². The molecular weight excluding hydrogens is 278 g/mol. The van der Waals surface area contributed by atoms with Crippen molar-refractivity contribution in [2.45, 2.75) is 37.7 Å². The first-order valence-electron chi connectivity index (χ1n) is 7.24. The Hall–Kier alpha value is -1.49. The number of alkyl halides is 2. The number of carbonyl (C=O) groups is 1. The summed E-state index contributed by atoms with van der Waals surface area (Å²) >= 11 is 0. The van der Waals surface area contributed by atoms with Crippen molar-refractivity contribution in [1.29, 1.82) is 0 Å². The van der Waals surface area contributed by atoms with E-state index < -0.39 is 29.8 Å². The molecule has 3 rings (SSSR count). The number of carboxylic acid groups (broad SMARTS) is 1. The Morgan fingerprint density at radius 3 is 2.57 bits per heavy atom. The molecule has 1 aliphatic carbocycles. The third kappa shape index (κ3) is 2.55. The van der Waals surface area contributed by atoms with E-state index in [1.807, 2.05) is 0 Å². The minimum absolute atomic E-state index is 0.121. The number of carboxylic acids is 1. The molecule has 1 aromatic rings. The van der Waals surface area contributed by atoms with E-state index in [0.717, 1.165) is 12.8 Å². The number of rotatable bonds is 5. The Bertz CT molecular complexity index is 528. The van der Waals surface area contributed by atoms with E-state index in [2.05, 4.69) is 0 Å². The number of halogens is 2. The van der Waals surface area contributed by atoms with Crippen molar-refractivity contribution in [1.82, 2.24) is 0 Å². The van der Waals surface area contributed by atoms with Crippen molar-refractivity contribution in [2.75, 3.05) is 6.61 Å². The highest BCUT2D eigenvalue weighted by atomic mass is 19.3. The molecule has 1 N–H and O–H groups in total. The molecule has 1 saturated carbocycles. The molecule has 0 amide bonds. The van der Waals surface area contributed by atoms with Crippen LogP contribution < -0.4 is 0 Å². The van der Waals surface area contributed by atoms with Crippen molar-refractivity contribution in [3.63, 3.8) is 0 Å². The number of ether oxygens (including phenoxy) is 1. The van der Waals surface area contributed by atoms with Gasteiger partial charge in [-0.25, -0.2) is 8.78 Å². The predicted octanol–water partition coefficient (Wildman–Crippen LogP) is 3.44. The van der Waals surface area contributed by atoms with Gasteiger partial charge in [0.15, 0.2) is 0 Å². The summed E-state index contributed by atoms with van der Waals surface area (Å²) in [6.45, 7) is 0.248. The van der Waals surface area contributed by atoms with E-state index >= 15 is 0 Å². The molecular formula is C16H18F2O3. The molecule has 1 aliphatic heterocycles. The predicted molar refractivity (Wildman–Crippen MR) is 72.1 cm³/mol. The van der Waals surface area contributed by atoms with Crippen LogP contribution in [0.1, 0.15) is 31.2 Å². The summed E-state index contributed by atoms with van der Waals surface area (Å²) in [6.07, 6.45) is 0.629. The van der Waals surface area contributed by atoms with Gasteiger partial charge in [-0.3, -0.25) is 4.79 Å². The summed E-state index contributed by atoms with van der Waals surface area (Å²) in [6, 6.07) is 7.44. The maximum Gasteiger partial charge on any atom is 0.312 e. The second-order valence-corrected chi connectivity index (χ2v) is 6.09. The van der Waals surface area contributed by atoms with Crippen molar-refractivity contribution >= 4 is 5.97 Å². The van der Waals surface area contributed by atoms with Crippen LogP contribution in [0.25, 0.3) is 0 Å². The third-order valence-corrected chi connectivity index (χ3v) is 4.60. The fraction of sp³-hybridized carbons (Fsp3) is 0.562. The molecule has 2 aliphatic rings. The summed E-state index contributed by atoms with van der Waals surface area (Å²) in [5, 5.41) is 9.61. The molecule has 0 spiro atoms. The Morgan fingerprint density at radius 1 is 1.33 bits per heavy atom. The van der Waals surface area contributed by atoms with Crippen molar-refractivity contribution in [3.05, 3.63) is 35.9 Å². The molecule has 3 nitrogen and oxygen atoms in total. The summed E-state index contributed by atoms with van der Waals surface area (Å²) in [7, 11) is 0. The Labute approximate surface area is 121 Å². The lowest BCUT2D eigenvalue weighted by molar-refractivity contribution is -0.162. The maximum absolute atomic E-state index is 14.6. The molecule has 1 heterocycles. The zero-order valence-corrected chi connectivity index (χ0v) is 11.6. The van der Waals surface area contributed by atoms with E-state index in [-0.39, 0.29) is 24.5 Å². The van der Waals surface area contributed by atoms with Gasteiger partial charge in [0, 0.05) is 18.6 Å². The first kappa shape index (κ1) is 14.4. The smallest absolute Gasteiger partial charge is 0.312 e. The highest BCUT2D eigenvalue weighted by Gasteiger charge is 2.59. The van der Waals surface area contributed by atoms with E-state index in [1.165, 1.54) is 12.1 Å². The van der Waals surface area contributed by atoms with Crippen molar-refractivity contribution in [2.24, 2.45) is 11.3 Å². The molecule has 2 fully saturated rings. The van der Waals surface area contributed by atoms with Gasteiger partial charge < -0.3 is 9.84 Å². The first-order valence-corrected chi connectivity index (χ1v) is 7.24. The van der Waals surface area contributed by atoms with E-state index in [4.69, 9.17) is 4.74 Å². The summed E-state index contributed by atoms with van der Waals surface area (Å²) in [4.78, 5) is 11.8. The second kappa shape index (κ2) is 5.05. The average Bonchev–Trinajstić information content (AvgIpc) is 3.21. The lowest BCUT2D eigenvalue weighted by atomic mass is 9.73. The van der Waals surface area contributed by atoms with Crippen LogP contribution >= 0.6 is 0 Å². The molecule has 114 valence electrons. The molecule has 0 aromatic heterocycles. The van der Waals surface area contributed by atoms with Crippen LogP contribution in [0.5, 0.6) is 0 Å². The van der Waals surface area contributed by atoms with Crippen molar-refractivity contribution < 1.29 is 23.4 Å². The van der Waals surface area contributed by atoms with Crippen LogP contribution in [-0.4, -0.2) is 23.8 Å². The minimum Gasteiger partial charge on any atom is -0.481 e. The van der Waals surface area contributed by atoms with Gasteiger partial charge in [0.05, 0.1) is 6.10 Å². The second-order valence-electron chi connectivity index (χ2n) is 6.09. The van der Waals surface area contributed by atoms with Crippen LogP contribution in [0.4, 0.5) is 8.78 Å². The lowest BCUT2D eigenvalue weighted by Gasteiger charge is -2.33. The monoisotopic (exact) mass is 296 g/mol. The van der Waals surface area contributed by atoms with E-state index in [9.17, 15) is 18.7 Å². The Balaban J connectivity index is 1.90. The number of hydrogen-bond acceptors (Lipinski definition) is 2. The molecule has 0 radical (unpaired) electrons. The molecule has 2 unspecified atom stereocenters. The first-order chi connectivity index (χ1) is 9.96. The van der Waals surface area contributed by atoms with Crippen LogP contribution in [0, 0.1) is 11.3 Å². The van der Waals surface area contributed by atoms with Gasteiger partial charge in [-0.1, -0.05) is 30.3 Å². The van der Waals surface area contributed by atoms with Crippen LogP contribution in [0.2, 0.25) is 0 Å². The number of aliphatic carboxylic acids is 1. The summed E-state index contributed by atoms with van der Waals surface area (Å²) in [5.41, 5.74) is -1.60. The van der Waals surface area contributed by atoms with Gasteiger partial charge >= 0.3 is 5.97 Å².